The first kappa shape index (κ1) is 24.6. The molecule has 0 aromatic heterocycles. The summed E-state index contributed by atoms with van der Waals surface area (Å²) in [6.45, 7) is 4.20. The van der Waals surface area contributed by atoms with E-state index in [-0.39, 0.29) is 18.1 Å². The van der Waals surface area contributed by atoms with Crippen molar-refractivity contribution in [3.63, 3.8) is 0 Å². The second kappa shape index (κ2) is 12.2. The highest BCUT2D eigenvalue weighted by Gasteiger charge is 2.13. The smallest absolute Gasteiger partial charge is 0.268 e. The van der Waals surface area contributed by atoms with Crippen LogP contribution in [0.15, 0.2) is 42.1 Å². The molecule has 2 N–H and O–H groups in total. The van der Waals surface area contributed by atoms with Gasteiger partial charge in [0.2, 0.25) is 5.91 Å². The van der Waals surface area contributed by atoms with E-state index in [1.165, 1.54) is 14.0 Å². The van der Waals surface area contributed by atoms with Gasteiger partial charge in [0.05, 0.1) is 27.9 Å². The van der Waals surface area contributed by atoms with Crippen LogP contribution in [0.4, 0.5) is 0 Å². The molecule has 0 aliphatic carbocycles. The summed E-state index contributed by atoms with van der Waals surface area (Å²) < 4.78 is 21.6. The van der Waals surface area contributed by atoms with E-state index >= 15 is 0 Å². The summed E-state index contributed by atoms with van der Waals surface area (Å²) in [5.41, 5.74) is 1.60. The highest BCUT2D eigenvalue weighted by Crippen LogP contribution is 2.29. The Balaban J connectivity index is 2.18. The summed E-state index contributed by atoms with van der Waals surface area (Å²) in [7, 11) is 4.64. The molecule has 0 saturated heterocycles. The van der Waals surface area contributed by atoms with Crippen LogP contribution >= 0.6 is 0 Å². The molecule has 2 aromatic rings. The third-order valence-corrected chi connectivity index (χ3v) is 4.42. The topological polar surface area (TPSA) is 95.1 Å². The van der Waals surface area contributed by atoms with Crippen LogP contribution in [-0.2, 0) is 16.1 Å². The van der Waals surface area contributed by atoms with E-state index in [4.69, 9.17) is 18.9 Å². The first-order valence-electron chi connectivity index (χ1n) is 10.2. The van der Waals surface area contributed by atoms with E-state index in [2.05, 4.69) is 10.6 Å². The molecule has 0 heterocycles. The zero-order valence-corrected chi connectivity index (χ0v) is 19.1. The van der Waals surface area contributed by atoms with Crippen molar-refractivity contribution < 1.29 is 28.5 Å². The lowest BCUT2D eigenvalue weighted by Crippen LogP contribution is -2.33. The molecule has 0 radical (unpaired) electrons. The van der Waals surface area contributed by atoms with E-state index in [9.17, 15) is 9.59 Å². The van der Waals surface area contributed by atoms with Crippen LogP contribution < -0.4 is 29.6 Å². The first-order chi connectivity index (χ1) is 15.4. The molecule has 8 heteroatoms. The number of nitrogens with one attached hydrogen (secondary N) is 2. The van der Waals surface area contributed by atoms with Gasteiger partial charge in [-0.25, -0.2) is 0 Å². The van der Waals surface area contributed by atoms with Gasteiger partial charge in [-0.2, -0.15) is 0 Å². The molecule has 0 saturated carbocycles. The van der Waals surface area contributed by atoms with Gasteiger partial charge in [0.15, 0.2) is 23.0 Å². The van der Waals surface area contributed by atoms with Gasteiger partial charge >= 0.3 is 0 Å². The number of benzene rings is 2. The van der Waals surface area contributed by atoms with Crippen molar-refractivity contribution in [2.24, 2.45) is 0 Å². The molecule has 0 aliphatic rings. The largest absolute Gasteiger partial charge is 0.493 e. The number of amides is 2. The Morgan fingerprint density at radius 2 is 1.56 bits per heavy atom. The average Bonchev–Trinajstić information content (AvgIpc) is 2.80. The van der Waals surface area contributed by atoms with Gasteiger partial charge in [0, 0.05) is 13.5 Å². The van der Waals surface area contributed by atoms with Crippen LogP contribution in [0.3, 0.4) is 0 Å². The van der Waals surface area contributed by atoms with Crippen LogP contribution in [0, 0.1) is 0 Å². The number of hydrogen-bond donors (Lipinski definition) is 2. The minimum atomic E-state index is -0.430. The second-order valence-corrected chi connectivity index (χ2v) is 6.87. The molecule has 0 aliphatic heterocycles. The van der Waals surface area contributed by atoms with E-state index in [1.54, 1.807) is 44.6 Å². The summed E-state index contributed by atoms with van der Waals surface area (Å²) >= 11 is 0. The Kier molecular flexibility index (Phi) is 9.41. The molecule has 0 fully saturated rings. The molecule has 2 rings (SSSR count). The standard InChI is InChI=1S/C24H30N2O6/c1-6-11-32-21-10-8-18(14-23(21)31-5)15-25-24(28)19(26-16(2)27)12-17-7-9-20(29-3)22(13-17)30-4/h7-10,12-14H,6,11,15H2,1-5H3,(H,25,28)(H,26,27)/b19-12-. The summed E-state index contributed by atoms with van der Waals surface area (Å²) in [6.07, 6.45) is 2.46. The minimum absolute atomic E-state index is 0.111. The molecule has 2 amide bonds. The molecular formula is C24H30N2O6. The fraction of sp³-hybridized carbons (Fsp3) is 0.333. The Morgan fingerprint density at radius 3 is 2.19 bits per heavy atom. The van der Waals surface area contributed by atoms with E-state index in [1.807, 2.05) is 19.1 Å². The molecule has 172 valence electrons. The number of ether oxygens (including phenoxy) is 4. The third kappa shape index (κ3) is 6.94. The van der Waals surface area contributed by atoms with Gasteiger partial charge in [-0.3, -0.25) is 9.59 Å². The van der Waals surface area contributed by atoms with Crippen LogP contribution in [0.1, 0.15) is 31.4 Å². The van der Waals surface area contributed by atoms with Gasteiger partial charge in [-0.1, -0.05) is 19.1 Å². The molecule has 0 bridgehead atoms. The van der Waals surface area contributed by atoms with Gasteiger partial charge in [0.25, 0.3) is 5.91 Å². The van der Waals surface area contributed by atoms with Gasteiger partial charge in [0.1, 0.15) is 5.70 Å². The van der Waals surface area contributed by atoms with Crippen LogP contribution in [0.5, 0.6) is 23.0 Å². The molecule has 0 unspecified atom stereocenters. The molecular weight excluding hydrogens is 412 g/mol. The van der Waals surface area contributed by atoms with Crippen LogP contribution in [-0.4, -0.2) is 39.8 Å². The maximum atomic E-state index is 12.8. The highest BCUT2D eigenvalue weighted by molar-refractivity contribution is 6.00. The Labute approximate surface area is 188 Å². The maximum absolute atomic E-state index is 12.8. The number of carbonyl (C=O) groups is 2. The monoisotopic (exact) mass is 442 g/mol. The molecule has 2 aromatic carbocycles. The maximum Gasteiger partial charge on any atom is 0.268 e. The van der Waals surface area contributed by atoms with Crippen molar-refractivity contribution in [2.75, 3.05) is 27.9 Å². The van der Waals surface area contributed by atoms with E-state index < -0.39 is 5.91 Å². The second-order valence-electron chi connectivity index (χ2n) is 6.87. The normalized spacial score (nSPS) is 10.8. The minimum Gasteiger partial charge on any atom is -0.493 e. The van der Waals surface area contributed by atoms with Gasteiger partial charge < -0.3 is 29.6 Å². The fourth-order valence-electron chi connectivity index (χ4n) is 2.89. The summed E-state index contributed by atoms with van der Waals surface area (Å²) in [5, 5.41) is 5.39. The number of rotatable bonds is 11. The zero-order valence-electron chi connectivity index (χ0n) is 19.1. The average molecular weight is 443 g/mol. The fourth-order valence-corrected chi connectivity index (χ4v) is 2.89. The Morgan fingerprint density at radius 1 is 0.906 bits per heavy atom. The summed E-state index contributed by atoms with van der Waals surface area (Å²) in [6, 6.07) is 10.7. The van der Waals surface area contributed by atoms with Crippen molar-refractivity contribution in [3.05, 3.63) is 53.2 Å². The zero-order chi connectivity index (χ0) is 23.5. The first-order valence-corrected chi connectivity index (χ1v) is 10.2. The predicted octanol–water partition coefficient (Wildman–Crippen LogP) is 3.29. The highest BCUT2D eigenvalue weighted by atomic mass is 16.5. The summed E-state index contributed by atoms with van der Waals surface area (Å²) in [4.78, 5) is 24.4. The van der Waals surface area contributed by atoms with Crippen molar-refractivity contribution >= 4 is 17.9 Å². The van der Waals surface area contributed by atoms with Crippen LogP contribution in [0.2, 0.25) is 0 Å². The van der Waals surface area contributed by atoms with Crippen molar-refractivity contribution in [3.8, 4) is 23.0 Å². The number of carbonyl (C=O) groups excluding carboxylic acids is 2. The lowest BCUT2D eigenvalue weighted by atomic mass is 10.1. The quantitative estimate of drug-likeness (QED) is 0.519. The lowest BCUT2D eigenvalue weighted by Gasteiger charge is -2.13. The lowest BCUT2D eigenvalue weighted by molar-refractivity contribution is -0.122. The Bertz CT molecular complexity index is 971. The Hall–Kier alpha value is -3.68. The predicted molar refractivity (Wildman–Crippen MR) is 122 cm³/mol. The number of methoxy groups -OCH3 is 3. The molecule has 0 spiro atoms. The number of hydrogen-bond acceptors (Lipinski definition) is 6. The van der Waals surface area contributed by atoms with Crippen molar-refractivity contribution in [1.29, 1.82) is 0 Å². The third-order valence-electron chi connectivity index (χ3n) is 4.42. The van der Waals surface area contributed by atoms with E-state index in [0.717, 1.165) is 12.0 Å². The molecule has 0 atom stereocenters. The summed E-state index contributed by atoms with van der Waals surface area (Å²) in [5.74, 6) is 1.54. The van der Waals surface area contributed by atoms with Crippen molar-refractivity contribution in [2.45, 2.75) is 26.8 Å². The molecule has 32 heavy (non-hydrogen) atoms. The van der Waals surface area contributed by atoms with E-state index in [0.29, 0.717) is 35.2 Å². The molecule has 8 nitrogen and oxygen atoms in total. The van der Waals surface area contributed by atoms with Crippen molar-refractivity contribution in [1.82, 2.24) is 10.6 Å². The van der Waals surface area contributed by atoms with Gasteiger partial charge in [-0.15, -0.1) is 0 Å². The van der Waals surface area contributed by atoms with Crippen LogP contribution in [0.25, 0.3) is 6.08 Å². The van der Waals surface area contributed by atoms with Gasteiger partial charge in [-0.05, 0) is 47.9 Å². The SMILES string of the molecule is CCCOc1ccc(CNC(=O)/C(=C/c2ccc(OC)c(OC)c2)NC(C)=O)cc1OC.